The summed E-state index contributed by atoms with van der Waals surface area (Å²) in [5.74, 6) is -0.213. The van der Waals surface area contributed by atoms with E-state index in [0.29, 0.717) is 28.0 Å². The van der Waals surface area contributed by atoms with Crippen molar-refractivity contribution in [3.63, 3.8) is 0 Å². The van der Waals surface area contributed by atoms with Gasteiger partial charge in [0.25, 0.3) is 5.91 Å². The minimum Gasteiger partial charge on any atom is -0.339 e. The molecule has 2 N–H and O–H groups in total. The van der Waals surface area contributed by atoms with Gasteiger partial charge in [0, 0.05) is 25.6 Å². The third kappa shape index (κ3) is 4.53. The Morgan fingerprint density at radius 2 is 2.06 bits per heavy atom. The molecule has 2 amide bonds. The number of carbonyl (C=O) groups excluding carboxylic acids is 2. The van der Waals surface area contributed by atoms with Crippen LogP contribution in [0.1, 0.15) is 47.3 Å². The molecule has 0 unspecified atom stereocenters. The lowest BCUT2D eigenvalue weighted by atomic mass is 9.98. The quantitative estimate of drug-likeness (QED) is 0.683. The fourth-order valence-electron chi connectivity index (χ4n) is 5.33. The number of benzene rings is 1. The van der Waals surface area contributed by atoms with E-state index in [-0.39, 0.29) is 24.3 Å². The molecule has 1 aliphatic carbocycles. The van der Waals surface area contributed by atoms with Gasteiger partial charge in [-0.05, 0) is 72.2 Å². The third-order valence-corrected chi connectivity index (χ3v) is 8.05. The van der Waals surface area contributed by atoms with E-state index < -0.39 is 11.9 Å². The van der Waals surface area contributed by atoms with Crippen LogP contribution in [0, 0.1) is 23.1 Å². The molecule has 3 heterocycles. The van der Waals surface area contributed by atoms with Crippen LogP contribution in [0.15, 0.2) is 29.6 Å². The van der Waals surface area contributed by atoms with Crippen molar-refractivity contribution in [1.29, 1.82) is 5.26 Å². The molecule has 4 atom stereocenters. The van der Waals surface area contributed by atoms with Gasteiger partial charge in [-0.3, -0.25) is 9.59 Å². The summed E-state index contributed by atoms with van der Waals surface area (Å²) in [6.07, 6.45) is 5.34. The minimum atomic E-state index is -0.787. The summed E-state index contributed by atoms with van der Waals surface area (Å²) in [5.41, 5.74) is 1.88. The Labute approximate surface area is 196 Å². The minimum absolute atomic E-state index is 0.0402. The first kappa shape index (κ1) is 22.1. The number of likely N-dealkylation sites (tertiary alicyclic amines) is 1. The van der Waals surface area contributed by atoms with Crippen molar-refractivity contribution in [2.24, 2.45) is 5.92 Å². The molecular formula is C25H27FN4O2S. The lowest BCUT2D eigenvalue weighted by Gasteiger charge is -2.23. The summed E-state index contributed by atoms with van der Waals surface area (Å²) in [6, 6.07) is 8.19. The maximum atomic E-state index is 14.9. The number of nitriles is 1. The molecule has 2 bridgehead atoms. The third-order valence-electron chi connectivity index (χ3n) is 7.13. The van der Waals surface area contributed by atoms with E-state index in [0.717, 1.165) is 50.8 Å². The largest absolute Gasteiger partial charge is 0.339 e. The van der Waals surface area contributed by atoms with Gasteiger partial charge in [0.2, 0.25) is 5.91 Å². The highest BCUT2D eigenvalue weighted by Crippen LogP contribution is 2.35. The first-order valence-corrected chi connectivity index (χ1v) is 12.5. The Hall–Kier alpha value is -2.76. The molecule has 1 aromatic heterocycles. The maximum absolute atomic E-state index is 14.9. The van der Waals surface area contributed by atoms with Crippen molar-refractivity contribution >= 4 is 23.2 Å². The summed E-state index contributed by atoms with van der Waals surface area (Å²) in [5, 5.41) is 17.5. The van der Waals surface area contributed by atoms with Crippen LogP contribution in [-0.2, 0) is 11.2 Å². The molecule has 33 heavy (non-hydrogen) atoms. The number of thiophene rings is 1. The summed E-state index contributed by atoms with van der Waals surface area (Å²) in [4.78, 5) is 27.7. The van der Waals surface area contributed by atoms with Gasteiger partial charge in [-0.25, -0.2) is 4.39 Å². The van der Waals surface area contributed by atoms with E-state index in [4.69, 9.17) is 0 Å². The van der Waals surface area contributed by atoms with Crippen LogP contribution >= 0.6 is 11.3 Å². The standard InChI is InChI=1S/C25H27FN4O2S/c26-21-11-15(18-12-22(33-14-18)25(32)30-7-1-2-8-30)3-4-16(21)9-20(13-27)29-24(31)23-17-5-6-19(10-17)28-23/h3-4,11-12,14,17,19-20,23,28H,1-2,5-10H2,(H,29,31)/t17-,19+,20-,23-/m0/s1. The number of halogens is 1. The molecule has 3 aliphatic rings. The molecule has 8 heteroatoms. The second-order valence-corrected chi connectivity index (χ2v) is 10.2. The van der Waals surface area contributed by atoms with Gasteiger partial charge in [0.1, 0.15) is 11.9 Å². The first-order valence-electron chi connectivity index (χ1n) is 11.6. The lowest BCUT2D eigenvalue weighted by Crippen LogP contribution is -2.50. The highest BCUT2D eigenvalue weighted by atomic mass is 32.1. The topological polar surface area (TPSA) is 85.2 Å². The molecule has 0 spiro atoms. The number of hydrogen-bond acceptors (Lipinski definition) is 5. The Kier molecular flexibility index (Phi) is 6.17. The van der Waals surface area contributed by atoms with Gasteiger partial charge in [-0.2, -0.15) is 5.26 Å². The van der Waals surface area contributed by atoms with Crippen molar-refractivity contribution < 1.29 is 14.0 Å². The van der Waals surface area contributed by atoms with E-state index in [2.05, 4.69) is 16.7 Å². The van der Waals surface area contributed by atoms with Crippen LogP contribution < -0.4 is 10.6 Å². The van der Waals surface area contributed by atoms with Crippen molar-refractivity contribution in [2.45, 2.75) is 56.7 Å². The normalized spacial score (nSPS) is 24.6. The number of carbonyl (C=O) groups is 2. The summed E-state index contributed by atoms with van der Waals surface area (Å²) in [6.45, 7) is 1.59. The zero-order valence-electron chi connectivity index (χ0n) is 18.4. The van der Waals surface area contributed by atoms with Gasteiger partial charge < -0.3 is 15.5 Å². The maximum Gasteiger partial charge on any atom is 0.263 e. The zero-order valence-corrected chi connectivity index (χ0v) is 19.2. The van der Waals surface area contributed by atoms with E-state index in [1.165, 1.54) is 17.4 Å². The molecule has 0 radical (unpaired) electrons. The highest BCUT2D eigenvalue weighted by molar-refractivity contribution is 7.12. The van der Waals surface area contributed by atoms with E-state index in [1.54, 1.807) is 12.1 Å². The fraction of sp³-hybridized carbons (Fsp3) is 0.480. The van der Waals surface area contributed by atoms with E-state index in [1.807, 2.05) is 16.3 Å². The molecule has 6 nitrogen and oxygen atoms in total. The number of amides is 2. The molecule has 1 aromatic carbocycles. The zero-order chi connectivity index (χ0) is 22.9. The van der Waals surface area contributed by atoms with Crippen molar-refractivity contribution in [3.8, 4) is 17.2 Å². The number of rotatable bonds is 6. The molecular weight excluding hydrogens is 439 g/mol. The highest BCUT2D eigenvalue weighted by Gasteiger charge is 2.43. The second-order valence-electron chi connectivity index (χ2n) is 9.31. The van der Waals surface area contributed by atoms with Crippen molar-refractivity contribution in [1.82, 2.24) is 15.5 Å². The molecule has 2 aromatic rings. The van der Waals surface area contributed by atoms with Gasteiger partial charge in [0.05, 0.1) is 17.0 Å². The van der Waals surface area contributed by atoms with Crippen LogP contribution in [0.3, 0.4) is 0 Å². The van der Waals surface area contributed by atoms with Crippen LogP contribution in [0.2, 0.25) is 0 Å². The molecule has 1 saturated carbocycles. The van der Waals surface area contributed by atoms with Crippen molar-refractivity contribution in [3.05, 3.63) is 45.9 Å². The summed E-state index contributed by atoms with van der Waals surface area (Å²) in [7, 11) is 0. The lowest BCUT2D eigenvalue weighted by molar-refractivity contribution is -0.124. The second kappa shape index (κ2) is 9.24. The monoisotopic (exact) mass is 466 g/mol. The molecule has 5 rings (SSSR count). The molecule has 3 fully saturated rings. The average molecular weight is 467 g/mol. The number of nitrogens with one attached hydrogen (secondary N) is 2. The van der Waals surface area contributed by atoms with Gasteiger partial charge in [0.15, 0.2) is 0 Å². The Balaban J connectivity index is 1.23. The van der Waals surface area contributed by atoms with Crippen LogP contribution in [0.25, 0.3) is 11.1 Å². The number of piperidine rings is 1. The molecule has 2 aliphatic heterocycles. The van der Waals surface area contributed by atoms with Crippen molar-refractivity contribution in [2.75, 3.05) is 13.1 Å². The van der Waals surface area contributed by atoms with Crippen LogP contribution in [0.5, 0.6) is 0 Å². The van der Waals surface area contributed by atoms with Crippen LogP contribution in [0.4, 0.5) is 4.39 Å². The summed E-state index contributed by atoms with van der Waals surface area (Å²) < 4.78 is 14.9. The van der Waals surface area contributed by atoms with Gasteiger partial charge >= 0.3 is 0 Å². The number of fused-ring (bicyclic) bond motifs is 2. The van der Waals surface area contributed by atoms with Crippen LogP contribution in [-0.4, -0.2) is 47.9 Å². The van der Waals surface area contributed by atoms with E-state index >= 15 is 0 Å². The SMILES string of the molecule is N#C[C@H](Cc1ccc(-c2csc(C(=O)N3CCCC3)c2)cc1F)NC(=O)[C@H]1N[C@@H]2CC[C@H]1C2. The summed E-state index contributed by atoms with van der Waals surface area (Å²) >= 11 is 1.38. The van der Waals surface area contributed by atoms with Gasteiger partial charge in [-0.1, -0.05) is 12.1 Å². The molecule has 2 saturated heterocycles. The van der Waals surface area contributed by atoms with Gasteiger partial charge in [-0.15, -0.1) is 11.3 Å². The Morgan fingerprint density at radius 1 is 1.24 bits per heavy atom. The Bertz CT molecular complexity index is 1100. The average Bonchev–Trinajstić information content (AvgIpc) is 3.63. The fourth-order valence-corrected chi connectivity index (χ4v) is 6.21. The number of hydrogen-bond donors (Lipinski definition) is 2. The first-order chi connectivity index (χ1) is 16.0. The smallest absolute Gasteiger partial charge is 0.263 e. The Morgan fingerprint density at radius 3 is 2.73 bits per heavy atom. The predicted octanol–water partition coefficient (Wildman–Crippen LogP) is 3.48. The predicted molar refractivity (Wildman–Crippen MR) is 124 cm³/mol. The molecule has 172 valence electrons. The van der Waals surface area contributed by atoms with E-state index in [9.17, 15) is 19.2 Å². The number of nitrogens with zero attached hydrogens (tertiary/aromatic N) is 2.